The van der Waals surface area contributed by atoms with Gasteiger partial charge in [0, 0.05) is 25.9 Å². The van der Waals surface area contributed by atoms with Gasteiger partial charge in [0.25, 0.3) is 0 Å². The normalized spacial score (nSPS) is 23.1. The molecule has 14 heteroatoms. The average molecular weight is 769 g/mol. The Morgan fingerprint density at radius 1 is 0.927 bits per heavy atom. The molecule has 2 aliphatic carbocycles. The molecule has 1 aromatic rings. The second-order valence-corrected chi connectivity index (χ2v) is 16.5. The van der Waals surface area contributed by atoms with Crippen molar-refractivity contribution >= 4 is 35.5 Å². The number of nitrogens with zero attached hydrogens (tertiary/aromatic N) is 2. The van der Waals surface area contributed by atoms with Crippen LogP contribution in [0.3, 0.4) is 0 Å². The van der Waals surface area contributed by atoms with Crippen LogP contribution in [0.2, 0.25) is 0 Å². The van der Waals surface area contributed by atoms with Crippen LogP contribution in [0.15, 0.2) is 24.3 Å². The number of nitrogens with two attached hydrogens (primary N) is 1. The number of aromatic hydroxyl groups is 1. The van der Waals surface area contributed by atoms with E-state index in [9.17, 15) is 39.0 Å². The maximum Gasteiger partial charge on any atom is 0.326 e. The summed E-state index contributed by atoms with van der Waals surface area (Å²) in [4.78, 5) is 85.1. The molecule has 2 bridgehead atoms. The second kappa shape index (κ2) is 20.1. The molecule has 0 aromatic heterocycles. The van der Waals surface area contributed by atoms with Crippen molar-refractivity contribution in [2.75, 3.05) is 13.1 Å². The van der Waals surface area contributed by atoms with Gasteiger partial charge in [-0.05, 0) is 106 Å². The van der Waals surface area contributed by atoms with E-state index in [2.05, 4.69) is 16.0 Å². The summed E-state index contributed by atoms with van der Waals surface area (Å²) >= 11 is 0. The van der Waals surface area contributed by atoms with Crippen LogP contribution >= 0.6 is 0 Å². The number of phenolic OH excluding ortho intramolecular Hbond substituents is 1. The highest BCUT2D eigenvalue weighted by atomic mass is 16.4. The summed E-state index contributed by atoms with van der Waals surface area (Å²) in [6, 6.07) is 1.19. The summed E-state index contributed by atoms with van der Waals surface area (Å²) in [5.41, 5.74) is 6.45. The number of carbonyl (C=O) groups is 6. The van der Waals surface area contributed by atoms with Crippen molar-refractivity contribution in [2.45, 2.75) is 148 Å². The zero-order chi connectivity index (χ0) is 40.4. The molecule has 3 aliphatic rings. The zero-order valence-corrected chi connectivity index (χ0v) is 33.3. The Labute approximate surface area is 325 Å². The van der Waals surface area contributed by atoms with E-state index in [4.69, 9.17) is 5.73 Å². The number of amides is 5. The Morgan fingerprint density at radius 2 is 1.64 bits per heavy atom. The second-order valence-electron chi connectivity index (χ2n) is 16.5. The maximum atomic E-state index is 14.6. The SMILES string of the molecule is CC[C@H](C)[C@H](NC(=O)[C@H](Cc1ccc(O)cc1)NC(=O)[C@@H]1CCCN1C(=O)[C@H](CCCCN)N(C(C)=O)C1CC2CCC1C2)C(=O)N[C@@H](CC(C)C)C(=O)O. The van der Waals surface area contributed by atoms with Crippen molar-refractivity contribution < 1.29 is 39.0 Å². The maximum absolute atomic E-state index is 14.6. The van der Waals surface area contributed by atoms with E-state index < -0.39 is 53.9 Å². The molecule has 14 nitrogen and oxygen atoms in total. The number of likely N-dealkylation sites (tertiary alicyclic amines) is 1. The zero-order valence-electron chi connectivity index (χ0n) is 33.3. The molecule has 1 aromatic carbocycles. The molecule has 5 amide bonds. The number of nitrogens with one attached hydrogen (secondary N) is 3. The van der Waals surface area contributed by atoms with E-state index >= 15 is 0 Å². The molecule has 4 rings (SSSR count). The average Bonchev–Trinajstić information content (AvgIpc) is 3.91. The molecule has 1 heterocycles. The van der Waals surface area contributed by atoms with Gasteiger partial charge in [-0.25, -0.2) is 4.79 Å². The summed E-state index contributed by atoms with van der Waals surface area (Å²) < 4.78 is 0. The molecular weight excluding hydrogens is 704 g/mol. The van der Waals surface area contributed by atoms with E-state index in [1.165, 1.54) is 19.1 Å². The first kappa shape index (κ1) is 43.5. The minimum Gasteiger partial charge on any atom is -0.508 e. The highest BCUT2D eigenvalue weighted by Gasteiger charge is 2.48. The highest BCUT2D eigenvalue weighted by molar-refractivity contribution is 5.96. The fourth-order valence-electron chi connectivity index (χ4n) is 8.85. The number of carboxylic acids is 1. The molecule has 0 spiro atoms. The molecule has 3 unspecified atom stereocenters. The van der Waals surface area contributed by atoms with Gasteiger partial charge >= 0.3 is 5.97 Å². The number of fused-ring (bicyclic) bond motifs is 2. The molecule has 2 saturated carbocycles. The van der Waals surface area contributed by atoms with Crippen molar-refractivity contribution in [3.05, 3.63) is 29.8 Å². The number of benzene rings is 1. The largest absolute Gasteiger partial charge is 0.508 e. The van der Waals surface area contributed by atoms with Crippen LogP contribution in [-0.4, -0.2) is 105 Å². The lowest BCUT2D eigenvalue weighted by atomic mass is 9.91. The fourth-order valence-corrected chi connectivity index (χ4v) is 8.85. The summed E-state index contributed by atoms with van der Waals surface area (Å²) in [6.45, 7) is 9.66. The van der Waals surface area contributed by atoms with Gasteiger partial charge in [0.15, 0.2) is 0 Å². The van der Waals surface area contributed by atoms with Gasteiger partial charge in [0.1, 0.15) is 36.0 Å². The third kappa shape index (κ3) is 11.4. The van der Waals surface area contributed by atoms with E-state index in [0.29, 0.717) is 69.0 Å². The first-order valence-electron chi connectivity index (χ1n) is 20.4. The van der Waals surface area contributed by atoms with Gasteiger partial charge in [-0.1, -0.05) is 52.7 Å². The van der Waals surface area contributed by atoms with Gasteiger partial charge in [-0.3, -0.25) is 24.0 Å². The quantitative estimate of drug-likeness (QED) is 0.108. The number of hydrogen-bond donors (Lipinski definition) is 6. The number of carbonyl (C=O) groups excluding carboxylic acids is 5. The fraction of sp³-hybridized carbons (Fsp3) is 0.707. The molecular formula is C41H64N6O8. The van der Waals surface area contributed by atoms with Crippen LogP contribution in [0.4, 0.5) is 0 Å². The lowest BCUT2D eigenvalue weighted by molar-refractivity contribution is -0.151. The van der Waals surface area contributed by atoms with Crippen molar-refractivity contribution in [3.63, 3.8) is 0 Å². The number of carboxylic acid groups (broad SMARTS) is 1. The predicted octanol–water partition coefficient (Wildman–Crippen LogP) is 3.09. The van der Waals surface area contributed by atoms with Gasteiger partial charge in [-0.15, -0.1) is 0 Å². The number of aliphatic carboxylic acids is 1. The van der Waals surface area contributed by atoms with Crippen molar-refractivity contribution in [2.24, 2.45) is 29.4 Å². The van der Waals surface area contributed by atoms with E-state index in [1.807, 2.05) is 20.8 Å². The predicted molar refractivity (Wildman–Crippen MR) is 207 cm³/mol. The monoisotopic (exact) mass is 768 g/mol. The van der Waals surface area contributed by atoms with Crippen LogP contribution in [-0.2, 0) is 35.2 Å². The molecule has 1 saturated heterocycles. The molecule has 3 fully saturated rings. The Bertz CT molecular complexity index is 1500. The summed E-state index contributed by atoms with van der Waals surface area (Å²) in [5.74, 6) is -2.82. The number of hydrogen-bond acceptors (Lipinski definition) is 8. The topological polar surface area (TPSA) is 211 Å². The summed E-state index contributed by atoms with van der Waals surface area (Å²) in [6.07, 6.45) is 7.61. The highest BCUT2D eigenvalue weighted by Crippen LogP contribution is 2.47. The van der Waals surface area contributed by atoms with Crippen molar-refractivity contribution in [1.82, 2.24) is 25.8 Å². The van der Waals surface area contributed by atoms with Crippen LogP contribution in [0, 0.1) is 23.7 Å². The smallest absolute Gasteiger partial charge is 0.326 e. The molecule has 0 radical (unpaired) electrons. The molecule has 1 aliphatic heterocycles. The molecule has 55 heavy (non-hydrogen) atoms. The molecule has 7 N–H and O–H groups in total. The Hall–Kier alpha value is -4.20. The van der Waals surface area contributed by atoms with Crippen LogP contribution in [0.1, 0.15) is 111 Å². The van der Waals surface area contributed by atoms with Crippen molar-refractivity contribution in [3.8, 4) is 5.75 Å². The van der Waals surface area contributed by atoms with Crippen LogP contribution < -0.4 is 21.7 Å². The number of rotatable bonds is 20. The Morgan fingerprint density at radius 3 is 2.20 bits per heavy atom. The molecule has 9 atom stereocenters. The third-order valence-corrected chi connectivity index (χ3v) is 11.9. The molecule has 306 valence electrons. The van der Waals surface area contributed by atoms with E-state index in [-0.39, 0.29) is 48.3 Å². The standard InChI is InChI=1S/C41H64N6O8/c1-6-25(4)36(39(52)44-32(41(54)55)20-24(2)3)45-37(50)31(22-27-13-16-30(49)17-14-27)43-38(51)33-11-9-19-46(33)40(53)34(10-7-8-18-42)47(26(5)48)35-23-28-12-15-29(35)21-28/h13-14,16-17,24-25,28-29,31-36,49H,6-12,15,18-23,42H2,1-5H3,(H,43,51)(H,44,52)(H,45,50)(H,54,55)/t25-,28?,29?,31-,32-,33-,34-,35?,36-/m0/s1. The summed E-state index contributed by atoms with van der Waals surface area (Å²) in [7, 11) is 0. The lowest BCUT2D eigenvalue weighted by Gasteiger charge is -2.41. The van der Waals surface area contributed by atoms with E-state index in [0.717, 1.165) is 25.7 Å². The number of phenols is 1. The minimum atomic E-state index is -1.18. The minimum absolute atomic E-state index is 0.00505. The van der Waals surface area contributed by atoms with Gasteiger partial charge in [0.2, 0.25) is 29.5 Å². The van der Waals surface area contributed by atoms with Gasteiger partial charge in [-0.2, -0.15) is 0 Å². The van der Waals surface area contributed by atoms with E-state index in [1.54, 1.807) is 28.9 Å². The first-order chi connectivity index (χ1) is 26.1. The van der Waals surface area contributed by atoms with Gasteiger partial charge in [0.05, 0.1) is 0 Å². The third-order valence-electron chi connectivity index (χ3n) is 11.9. The van der Waals surface area contributed by atoms with Crippen LogP contribution in [0.25, 0.3) is 0 Å². The Kier molecular flexibility index (Phi) is 15.9. The Balaban J connectivity index is 1.58. The van der Waals surface area contributed by atoms with Gasteiger partial charge < -0.3 is 41.7 Å². The lowest BCUT2D eigenvalue weighted by Crippen LogP contribution is -2.60. The van der Waals surface area contributed by atoms with Crippen molar-refractivity contribution in [1.29, 1.82) is 0 Å². The number of unbranched alkanes of at least 4 members (excludes halogenated alkanes) is 1. The van der Waals surface area contributed by atoms with Crippen LogP contribution in [0.5, 0.6) is 5.75 Å². The summed E-state index contributed by atoms with van der Waals surface area (Å²) in [5, 5.41) is 27.9. The first-order valence-corrected chi connectivity index (χ1v) is 20.4.